The van der Waals surface area contributed by atoms with Gasteiger partial charge in [0.1, 0.15) is 5.75 Å². The number of aliphatic hydroxyl groups is 1. The predicted molar refractivity (Wildman–Crippen MR) is 102 cm³/mol. The van der Waals surface area contributed by atoms with Gasteiger partial charge in [0.15, 0.2) is 0 Å². The van der Waals surface area contributed by atoms with E-state index in [1.54, 1.807) is 12.1 Å². The molecule has 1 saturated heterocycles. The molecule has 0 bridgehead atoms. The zero-order valence-electron chi connectivity index (χ0n) is 14.3. The average Bonchev–Trinajstić information content (AvgIpc) is 3.14. The van der Waals surface area contributed by atoms with Crippen molar-refractivity contribution in [2.75, 3.05) is 19.6 Å². The van der Waals surface area contributed by atoms with Gasteiger partial charge in [-0.25, -0.2) is 0 Å². The SMILES string of the molecule is Oc1ccc(C(O)CN2C[C@H]3CC(Sc4ccccc4)C[C@H]3C2)cc1. The Hall–Kier alpha value is -1.49. The van der Waals surface area contributed by atoms with Crippen LogP contribution in [0.25, 0.3) is 0 Å². The van der Waals surface area contributed by atoms with E-state index in [4.69, 9.17) is 0 Å². The third-order valence-electron chi connectivity index (χ3n) is 5.54. The van der Waals surface area contributed by atoms with Gasteiger partial charge in [0.25, 0.3) is 0 Å². The minimum atomic E-state index is -0.478. The third kappa shape index (κ3) is 4.02. The lowest BCUT2D eigenvalue weighted by Gasteiger charge is -2.22. The van der Waals surface area contributed by atoms with Crippen LogP contribution in [0.1, 0.15) is 24.5 Å². The number of thioether (sulfide) groups is 1. The first kappa shape index (κ1) is 17.0. The number of β-amino-alcohol motifs (C(OH)–C–C–N with tert-alkyl or cyclic N) is 1. The molecule has 2 unspecified atom stereocenters. The van der Waals surface area contributed by atoms with E-state index < -0.39 is 6.10 Å². The first-order chi connectivity index (χ1) is 12.2. The van der Waals surface area contributed by atoms with Crippen molar-refractivity contribution in [3.63, 3.8) is 0 Å². The molecule has 4 atom stereocenters. The largest absolute Gasteiger partial charge is 0.508 e. The van der Waals surface area contributed by atoms with E-state index in [2.05, 4.69) is 35.2 Å². The van der Waals surface area contributed by atoms with Gasteiger partial charge in [-0.15, -0.1) is 11.8 Å². The van der Waals surface area contributed by atoms with Crippen LogP contribution in [-0.4, -0.2) is 40.0 Å². The fourth-order valence-corrected chi connectivity index (χ4v) is 5.71. The van der Waals surface area contributed by atoms with Crippen molar-refractivity contribution in [2.45, 2.75) is 29.1 Å². The Morgan fingerprint density at radius 1 is 0.960 bits per heavy atom. The molecule has 4 heteroatoms. The molecule has 0 radical (unpaired) electrons. The molecule has 1 aliphatic carbocycles. The maximum Gasteiger partial charge on any atom is 0.115 e. The van der Waals surface area contributed by atoms with Gasteiger partial charge < -0.3 is 10.2 Å². The van der Waals surface area contributed by atoms with E-state index in [-0.39, 0.29) is 5.75 Å². The molecule has 3 nitrogen and oxygen atoms in total. The molecule has 1 saturated carbocycles. The maximum atomic E-state index is 10.5. The first-order valence-corrected chi connectivity index (χ1v) is 9.96. The summed E-state index contributed by atoms with van der Waals surface area (Å²) in [6.07, 6.45) is 2.10. The average molecular weight is 356 g/mol. The summed E-state index contributed by atoms with van der Waals surface area (Å²) in [5.74, 6) is 1.79. The van der Waals surface area contributed by atoms with Gasteiger partial charge in [-0.2, -0.15) is 0 Å². The highest BCUT2D eigenvalue weighted by molar-refractivity contribution is 8.00. The lowest BCUT2D eigenvalue weighted by molar-refractivity contribution is 0.122. The minimum Gasteiger partial charge on any atom is -0.508 e. The molecule has 0 spiro atoms. The molecule has 2 aliphatic rings. The van der Waals surface area contributed by atoms with Crippen LogP contribution in [0.4, 0.5) is 0 Å². The summed E-state index contributed by atoms with van der Waals surface area (Å²) in [4.78, 5) is 3.79. The lowest BCUT2D eigenvalue weighted by Crippen LogP contribution is -2.28. The van der Waals surface area contributed by atoms with Gasteiger partial charge in [0.2, 0.25) is 0 Å². The summed E-state index contributed by atoms with van der Waals surface area (Å²) in [5, 5.41) is 20.6. The molecule has 2 aromatic carbocycles. The van der Waals surface area contributed by atoms with Crippen molar-refractivity contribution in [1.29, 1.82) is 0 Å². The zero-order chi connectivity index (χ0) is 17.2. The predicted octanol–water partition coefficient (Wildman–Crippen LogP) is 3.93. The number of benzene rings is 2. The smallest absolute Gasteiger partial charge is 0.115 e. The maximum absolute atomic E-state index is 10.5. The number of rotatable bonds is 5. The molecule has 132 valence electrons. The van der Waals surface area contributed by atoms with E-state index >= 15 is 0 Å². The van der Waals surface area contributed by atoms with Crippen molar-refractivity contribution in [1.82, 2.24) is 4.90 Å². The Morgan fingerprint density at radius 2 is 1.60 bits per heavy atom. The highest BCUT2D eigenvalue weighted by atomic mass is 32.2. The summed E-state index contributed by atoms with van der Waals surface area (Å²) < 4.78 is 0. The van der Waals surface area contributed by atoms with Crippen molar-refractivity contribution in [2.24, 2.45) is 11.8 Å². The number of likely N-dealkylation sites (tertiary alicyclic amines) is 1. The molecule has 2 aromatic rings. The van der Waals surface area contributed by atoms with Gasteiger partial charge in [-0.05, 0) is 54.5 Å². The fraction of sp³-hybridized carbons (Fsp3) is 0.429. The monoisotopic (exact) mass is 355 g/mol. The quantitative estimate of drug-likeness (QED) is 0.853. The number of nitrogens with zero attached hydrogens (tertiary/aromatic N) is 1. The van der Waals surface area contributed by atoms with Crippen LogP contribution >= 0.6 is 11.8 Å². The third-order valence-corrected chi connectivity index (χ3v) is 6.80. The number of aliphatic hydroxyl groups excluding tert-OH is 1. The molecule has 0 amide bonds. The zero-order valence-corrected chi connectivity index (χ0v) is 15.1. The number of hydrogen-bond acceptors (Lipinski definition) is 4. The molecule has 4 rings (SSSR count). The van der Waals surface area contributed by atoms with Crippen LogP contribution in [-0.2, 0) is 0 Å². The molecular weight excluding hydrogens is 330 g/mol. The van der Waals surface area contributed by atoms with Crippen LogP contribution in [0.15, 0.2) is 59.5 Å². The summed E-state index contributed by atoms with van der Waals surface area (Å²) in [7, 11) is 0. The number of phenols is 1. The topological polar surface area (TPSA) is 43.7 Å². The van der Waals surface area contributed by atoms with E-state index in [1.807, 2.05) is 23.9 Å². The fourth-order valence-electron chi connectivity index (χ4n) is 4.32. The number of hydrogen-bond donors (Lipinski definition) is 2. The van der Waals surface area contributed by atoms with Gasteiger partial charge in [0.05, 0.1) is 6.10 Å². The molecule has 1 aliphatic heterocycles. The molecule has 25 heavy (non-hydrogen) atoms. The number of aromatic hydroxyl groups is 1. The van der Waals surface area contributed by atoms with Crippen LogP contribution in [0.5, 0.6) is 5.75 Å². The van der Waals surface area contributed by atoms with Gasteiger partial charge in [0, 0.05) is 29.8 Å². The van der Waals surface area contributed by atoms with Crippen LogP contribution in [0.3, 0.4) is 0 Å². The minimum absolute atomic E-state index is 0.244. The van der Waals surface area contributed by atoms with Gasteiger partial charge in [-0.3, -0.25) is 4.90 Å². The lowest BCUT2D eigenvalue weighted by atomic mass is 10.0. The summed E-state index contributed by atoms with van der Waals surface area (Å²) in [5.41, 5.74) is 0.882. The molecule has 0 aromatic heterocycles. The highest BCUT2D eigenvalue weighted by Crippen LogP contribution is 2.45. The normalized spacial score (nSPS) is 27.3. The number of phenolic OH excluding ortho intramolecular Hbond substituents is 1. The van der Waals surface area contributed by atoms with E-state index in [0.29, 0.717) is 6.54 Å². The second-order valence-corrected chi connectivity index (χ2v) is 8.74. The second-order valence-electron chi connectivity index (χ2n) is 7.37. The van der Waals surface area contributed by atoms with Gasteiger partial charge in [-0.1, -0.05) is 30.3 Å². The van der Waals surface area contributed by atoms with Gasteiger partial charge >= 0.3 is 0 Å². The Labute approximate surface area is 153 Å². The van der Waals surface area contributed by atoms with Crippen molar-refractivity contribution >= 4 is 11.8 Å². The van der Waals surface area contributed by atoms with Crippen LogP contribution in [0.2, 0.25) is 0 Å². The van der Waals surface area contributed by atoms with Crippen molar-refractivity contribution < 1.29 is 10.2 Å². The summed E-state index contributed by atoms with van der Waals surface area (Å²) in [6, 6.07) is 17.6. The first-order valence-electron chi connectivity index (χ1n) is 9.08. The standard InChI is InChI=1S/C21H25NO2S/c23-18-8-6-15(7-9-18)21(24)14-22-12-16-10-20(11-17(16)13-22)25-19-4-2-1-3-5-19/h1-9,16-17,20-21,23-24H,10-14H2/t16-,17+,20?,21?. The molecule has 1 heterocycles. The number of fused-ring (bicyclic) bond motifs is 1. The van der Waals surface area contributed by atoms with Crippen molar-refractivity contribution in [3.05, 3.63) is 60.2 Å². The van der Waals surface area contributed by atoms with E-state index in [1.165, 1.54) is 17.7 Å². The van der Waals surface area contributed by atoms with E-state index in [9.17, 15) is 10.2 Å². The Morgan fingerprint density at radius 3 is 2.24 bits per heavy atom. The highest BCUT2D eigenvalue weighted by Gasteiger charge is 2.41. The Kier molecular flexibility index (Phi) is 5.02. The molecule has 2 fully saturated rings. The molecule has 2 N–H and O–H groups in total. The van der Waals surface area contributed by atoms with E-state index in [0.717, 1.165) is 35.7 Å². The van der Waals surface area contributed by atoms with Crippen LogP contribution < -0.4 is 0 Å². The Balaban J connectivity index is 1.28. The summed E-state index contributed by atoms with van der Waals surface area (Å²) >= 11 is 2.03. The Bertz CT molecular complexity index is 677. The molecular formula is C21H25NO2S. The van der Waals surface area contributed by atoms with Crippen molar-refractivity contribution in [3.8, 4) is 5.75 Å². The van der Waals surface area contributed by atoms with Crippen LogP contribution in [0, 0.1) is 11.8 Å². The second kappa shape index (κ2) is 7.40. The summed E-state index contributed by atoms with van der Waals surface area (Å²) in [6.45, 7) is 2.89.